The van der Waals surface area contributed by atoms with Crippen molar-refractivity contribution in [3.8, 4) is 0 Å². The molecule has 0 radical (unpaired) electrons. The van der Waals surface area contributed by atoms with E-state index in [1.165, 1.54) is 51.9 Å². The van der Waals surface area contributed by atoms with Crippen LogP contribution in [0.1, 0.15) is 94.9 Å². The first-order valence-corrected chi connectivity index (χ1v) is 9.71. The maximum absolute atomic E-state index is 2.58. The minimum atomic E-state index is 0.403. The summed E-state index contributed by atoms with van der Waals surface area (Å²) in [5, 5.41) is 0. The van der Waals surface area contributed by atoms with Crippen molar-refractivity contribution in [3.63, 3.8) is 0 Å². The maximum Gasteiger partial charge on any atom is 0.0125 e. The van der Waals surface area contributed by atoms with Gasteiger partial charge in [-0.25, -0.2) is 0 Å². The molecule has 22 heavy (non-hydrogen) atoms. The second kappa shape index (κ2) is 12.4. The van der Waals surface area contributed by atoms with Crippen LogP contribution in [0.2, 0.25) is 0 Å². The quantitative estimate of drug-likeness (QED) is 0.556. The Morgan fingerprint density at radius 2 is 0.727 bits per heavy atom. The fourth-order valence-corrected chi connectivity index (χ4v) is 2.55. The van der Waals surface area contributed by atoms with E-state index in [1.807, 2.05) is 27.7 Å². The molecular weight excluding hydrogens is 268 g/mol. The van der Waals surface area contributed by atoms with Gasteiger partial charge in [-0.15, -0.1) is 0 Å². The third kappa shape index (κ3) is 10.6. The van der Waals surface area contributed by atoms with Crippen LogP contribution in [-0.4, -0.2) is 47.1 Å². The molecule has 0 atom stereocenters. The lowest BCUT2D eigenvalue weighted by molar-refractivity contribution is 0.0690. The van der Waals surface area contributed by atoms with Gasteiger partial charge in [0, 0.05) is 11.1 Å². The zero-order chi connectivity index (χ0) is 17.8. The lowest BCUT2D eigenvalue weighted by Crippen LogP contribution is -2.49. The Kier molecular flexibility index (Phi) is 13.6. The van der Waals surface area contributed by atoms with Gasteiger partial charge in [-0.3, -0.25) is 9.80 Å². The van der Waals surface area contributed by atoms with Gasteiger partial charge in [0.15, 0.2) is 0 Å². The number of piperidine rings is 1. The molecule has 2 aliphatic heterocycles. The number of likely N-dealkylation sites (tertiary alicyclic amines) is 2. The van der Waals surface area contributed by atoms with E-state index in [2.05, 4.69) is 51.3 Å². The third-order valence-electron chi connectivity index (χ3n) is 4.11. The summed E-state index contributed by atoms with van der Waals surface area (Å²) in [6.07, 6.45) is 5.64. The minimum Gasteiger partial charge on any atom is -0.298 e. The molecule has 2 heteroatoms. The fraction of sp³-hybridized carbons (Fsp3) is 1.00. The molecule has 0 amide bonds. The maximum atomic E-state index is 2.58. The molecule has 0 saturated carbocycles. The normalized spacial score (nSPS) is 19.4. The highest BCUT2D eigenvalue weighted by molar-refractivity contribution is 4.81. The molecule has 2 saturated heterocycles. The summed E-state index contributed by atoms with van der Waals surface area (Å²) in [7, 11) is 0. The Balaban J connectivity index is 0. The van der Waals surface area contributed by atoms with Gasteiger partial charge in [0.2, 0.25) is 0 Å². The van der Waals surface area contributed by atoms with Gasteiger partial charge in [-0.2, -0.15) is 0 Å². The molecule has 136 valence electrons. The highest BCUT2D eigenvalue weighted by Crippen LogP contribution is 2.20. The van der Waals surface area contributed by atoms with Crippen molar-refractivity contribution >= 4 is 0 Å². The van der Waals surface area contributed by atoms with E-state index in [0.29, 0.717) is 11.1 Å². The van der Waals surface area contributed by atoms with Crippen molar-refractivity contribution in [2.45, 2.75) is 106 Å². The van der Waals surface area contributed by atoms with E-state index in [0.717, 1.165) is 0 Å². The van der Waals surface area contributed by atoms with Crippen LogP contribution in [0.4, 0.5) is 0 Å². The molecular formula is C20H46N2. The Morgan fingerprint density at radius 1 is 0.455 bits per heavy atom. The predicted octanol–water partition coefficient (Wildman–Crippen LogP) is 5.81. The average Bonchev–Trinajstić information content (AvgIpc) is 2.40. The van der Waals surface area contributed by atoms with Crippen LogP contribution in [0.5, 0.6) is 0 Å². The number of hydrogen-bond donors (Lipinski definition) is 0. The van der Waals surface area contributed by atoms with Crippen LogP contribution in [0.25, 0.3) is 0 Å². The summed E-state index contributed by atoms with van der Waals surface area (Å²) in [4.78, 5) is 5.07. The van der Waals surface area contributed by atoms with Crippen LogP contribution in [0.3, 0.4) is 0 Å². The van der Waals surface area contributed by atoms with E-state index in [1.54, 1.807) is 0 Å². The van der Waals surface area contributed by atoms with Crippen molar-refractivity contribution < 1.29 is 0 Å². The molecule has 2 fully saturated rings. The Bertz CT molecular complexity index is 225. The Hall–Kier alpha value is -0.0800. The molecule has 0 aromatic heterocycles. The molecule has 2 nitrogen and oxygen atoms in total. The second-order valence-electron chi connectivity index (χ2n) is 7.73. The summed E-state index contributed by atoms with van der Waals surface area (Å²) in [6, 6.07) is 0. The molecule has 0 unspecified atom stereocenters. The Morgan fingerprint density at radius 3 is 0.864 bits per heavy atom. The van der Waals surface area contributed by atoms with Crippen molar-refractivity contribution in [1.82, 2.24) is 9.80 Å². The summed E-state index contributed by atoms with van der Waals surface area (Å²) in [5.74, 6) is 0. The molecule has 0 aromatic carbocycles. The van der Waals surface area contributed by atoms with E-state index < -0.39 is 0 Å². The van der Waals surface area contributed by atoms with Crippen molar-refractivity contribution in [2.24, 2.45) is 0 Å². The topological polar surface area (TPSA) is 6.48 Å². The highest BCUT2D eigenvalue weighted by atomic mass is 15.2. The molecule has 0 spiro atoms. The van der Waals surface area contributed by atoms with Crippen molar-refractivity contribution in [3.05, 3.63) is 0 Å². The zero-order valence-electron chi connectivity index (χ0n) is 17.6. The van der Waals surface area contributed by atoms with Gasteiger partial charge < -0.3 is 0 Å². The third-order valence-corrected chi connectivity index (χ3v) is 4.11. The summed E-state index contributed by atoms with van der Waals surface area (Å²) in [5.41, 5.74) is 0.832. The van der Waals surface area contributed by atoms with Gasteiger partial charge in [0.25, 0.3) is 0 Å². The smallest absolute Gasteiger partial charge is 0.0125 e. The largest absolute Gasteiger partial charge is 0.298 e. The van der Waals surface area contributed by atoms with Crippen molar-refractivity contribution in [2.75, 3.05) is 26.2 Å². The van der Waals surface area contributed by atoms with Crippen molar-refractivity contribution in [1.29, 1.82) is 0 Å². The average molecular weight is 315 g/mol. The van der Waals surface area contributed by atoms with Gasteiger partial charge in [0.05, 0.1) is 0 Å². The van der Waals surface area contributed by atoms with Gasteiger partial charge >= 0.3 is 0 Å². The minimum absolute atomic E-state index is 0.403. The van der Waals surface area contributed by atoms with Crippen LogP contribution >= 0.6 is 0 Å². The molecule has 2 heterocycles. The highest BCUT2D eigenvalue weighted by Gasteiger charge is 2.25. The van der Waals surface area contributed by atoms with Crippen LogP contribution < -0.4 is 0 Å². The van der Waals surface area contributed by atoms with E-state index >= 15 is 0 Å². The van der Waals surface area contributed by atoms with Gasteiger partial charge in [-0.05, 0) is 87.0 Å². The van der Waals surface area contributed by atoms with Crippen LogP contribution in [0, 0.1) is 0 Å². The first-order valence-electron chi connectivity index (χ1n) is 9.71. The van der Waals surface area contributed by atoms with E-state index in [-0.39, 0.29) is 0 Å². The standard InChI is InChI=1S/C9H19N.C7H15N.2C2H6/c1-9(2,3)10-7-5-4-6-8-10;1-7(2,3)8-5-4-6-8;2*1-2/h4-8H2,1-3H3;4-6H2,1-3H3;2*1-2H3. The summed E-state index contributed by atoms with van der Waals surface area (Å²) < 4.78 is 0. The Labute approximate surface area is 142 Å². The number of hydrogen-bond acceptors (Lipinski definition) is 2. The first kappa shape index (κ1) is 24.2. The fourth-order valence-electron chi connectivity index (χ4n) is 2.55. The molecule has 0 aliphatic carbocycles. The van der Waals surface area contributed by atoms with Crippen LogP contribution in [0.15, 0.2) is 0 Å². The SMILES string of the molecule is CC.CC.CC(C)(C)N1CCC1.CC(C)(C)N1CCCCC1. The monoisotopic (exact) mass is 314 g/mol. The van der Waals surface area contributed by atoms with E-state index in [4.69, 9.17) is 0 Å². The first-order chi connectivity index (χ1) is 10.2. The van der Waals surface area contributed by atoms with Crippen LogP contribution in [-0.2, 0) is 0 Å². The lowest BCUT2D eigenvalue weighted by Gasteiger charge is -2.42. The zero-order valence-corrected chi connectivity index (χ0v) is 17.6. The number of rotatable bonds is 0. The predicted molar refractivity (Wildman–Crippen MR) is 104 cm³/mol. The second-order valence-corrected chi connectivity index (χ2v) is 7.73. The summed E-state index contributed by atoms with van der Waals surface area (Å²) >= 11 is 0. The molecule has 0 bridgehead atoms. The molecule has 0 N–H and O–H groups in total. The molecule has 2 rings (SSSR count). The molecule has 0 aromatic rings. The lowest BCUT2D eigenvalue weighted by atomic mass is 10.0. The van der Waals surface area contributed by atoms with Gasteiger partial charge in [0.1, 0.15) is 0 Å². The van der Waals surface area contributed by atoms with Gasteiger partial charge in [-0.1, -0.05) is 34.1 Å². The summed E-state index contributed by atoms with van der Waals surface area (Å²) in [6.45, 7) is 27.0. The molecule has 2 aliphatic rings. The van der Waals surface area contributed by atoms with E-state index in [9.17, 15) is 0 Å². The number of nitrogens with zero attached hydrogens (tertiary/aromatic N) is 2.